The van der Waals surface area contributed by atoms with Crippen molar-refractivity contribution in [1.82, 2.24) is 4.57 Å². The normalized spacial score (nSPS) is 10.1. The van der Waals surface area contributed by atoms with Gasteiger partial charge in [0, 0.05) is 18.0 Å². The van der Waals surface area contributed by atoms with Crippen LogP contribution in [0.1, 0.15) is 15.9 Å². The van der Waals surface area contributed by atoms with Gasteiger partial charge in [0.25, 0.3) is 5.56 Å². The molecular formula is C15H14N2O4. The molecule has 1 amide bonds. The summed E-state index contributed by atoms with van der Waals surface area (Å²) in [5, 5.41) is 11.4. The first-order valence-corrected chi connectivity index (χ1v) is 6.26. The highest BCUT2D eigenvalue weighted by Gasteiger charge is 2.06. The van der Waals surface area contributed by atoms with Crippen LogP contribution < -0.4 is 10.9 Å². The van der Waals surface area contributed by atoms with E-state index in [0.717, 1.165) is 5.56 Å². The molecule has 2 aromatic rings. The SMILES string of the molecule is Cc1ccn(CC(=O)Nc2ccc(C(=O)O)cc2)c(=O)c1. The maximum absolute atomic E-state index is 11.9. The first kappa shape index (κ1) is 14.5. The minimum Gasteiger partial charge on any atom is -0.478 e. The first-order valence-electron chi connectivity index (χ1n) is 6.26. The van der Waals surface area contributed by atoms with Gasteiger partial charge in [0.1, 0.15) is 6.54 Å². The summed E-state index contributed by atoms with van der Waals surface area (Å²) in [6.45, 7) is 1.70. The van der Waals surface area contributed by atoms with Gasteiger partial charge >= 0.3 is 5.97 Å². The monoisotopic (exact) mass is 286 g/mol. The number of nitrogens with zero attached hydrogens (tertiary/aromatic N) is 1. The molecule has 0 aliphatic carbocycles. The van der Waals surface area contributed by atoms with Gasteiger partial charge in [0.2, 0.25) is 5.91 Å². The third-order valence-electron chi connectivity index (χ3n) is 2.88. The summed E-state index contributed by atoms with van der Waals surface area (Å²) in [5.41, 5.74) is 1.21. The van der Waals surface area contributed by atoms with Gasteiger partial charge in [-0.2, -0.15) is 0 Å². The topological polar surface area (TPSA) is 88.4 Å². The van der Waals surface area contributed by atoms with E-state index in [9.17, 15) is 14.4 Å². The Morgan fingerprint density at radius 2 is 1.86 bits per heavy atom. The van der Waals surface area contributed by atoms with Crippen molar-refractivity contribution in [3.63, 3.8) is 0 Å². The highest BCUT2D eigenvalue weighted by molar-refractivity contribution is 5.92. The summed E-state index contributed by atoms with van der Waals surface area (Å²) >= 11 is 0. The predicted octanol–water partition coefficient (Wildman–Crippen LogP) is 1.49. The second-order valence-corrected chi connectivity index (χ2v) is 4.60. The number of nitrogens with one attached hydrogen (secondary N) is 1. The van der Waals surface area contributed by atoms with Crippen molar-refractivity contribution < 1.29 is 14.7 Å². The maximum Gasteiger partial charge on any atom is 0.335 e. The fourth-order valence-electron chi connectivity index (χ4n) is 1.79. The Kier molecular flexibility index (Phi) is 4.18. The first-order chi connectivity index (χ1) is 9.95. The van der Waals surface area contributed by atoms with Crippen LogP contribution in [0.25, 0.3) is 0 Å². The Hall–Kier alpha value is -2.89. The lowest BCUT2D eigenvalue weighted by molar-refractivity contribution is -0.116. The molecule has 21 heavy (non-hydrogen) atoms. The van der Waals surface area contributed by atoms with E-state index in [1.54, 1.807) is 19.2 Å². The van der Waals surface area contributed by atoms with Crippen molar-refractivity contribution in [3.05, 3.63) is 64.1 Å². The Bertz CT molecular complexity index is 732. The summed E-state index contributed by atoms with van der Waals surface area (Å²) in [4.78, 5) is 34.2. The standard InChI is InChI=1S/C15H14N2O4/c1-10-6-7-17(14(19)8-10)9-13(18)16-12-4-2-11(3-5-12)15(20)21/h2-8H,9H2,1H3,(H,16,18)(H,20,21). The van der Waals surface area contributed by atoms with Crippen molar-refractivity contribution >= 4 is 17.6 Å². The molecule has 0 aliphatic heterocycles. The minimum atomic E-state index is -1.03. The summed E-state index contributed by atoms with van der Waals surface area (Å²) in [5.74, 6) is -1.39. The molecule has 108 valence electrons. The molecule has 6 nitrogen and oxygen atoms in total. The number of aromatic nitrogens is 1. The number of carboxylic acid groups (broad SMARTS) is 1. The minimum absolute atomic E-state index is 0.0974. The number of carbonyl (C=O) groups excluding carboxylic acids is 1. The molecule has 2 rings (SSSR count). The van der Waals surface area contributed by atoms with E-state index in [4.69, 9.17) is 5.11 Å². The average molecular weight is 286 g/mol. The van der Waals surface area contributed by atoms with Crippen LogP contribution in [0.4, 0.5) is 5.69 Å². The van der Waals surface area contributed by atoms with Crippen molar-refractivity contribution in [3.8, 4) is 0 Å². The Balaban J connectivity index is 2.04. The highest BCUT2D eigenvalue weighted by Crippen LogP contribution is 2.09. The largest absolute Gasteiger partial charge is 0.478 e. The number of aryl methyl sites for hydroxylation is 1. The molecule has 0 fully saturated rings. The number of anilines is 1. The van der Waals surface area contributed by atoms with E-state index < -0.39 is 5.97 Å². The number of benzene rings is 1. The van der Waals surface area contributed by atoms with Gasteiger partial charge < -0.3 is 15.0 Å². The molecule has 6 heteroatoms. The average Bonchev–Trinajstić information content (AvgIpc) is 2.42. The summed E-state index contributed by atoms with van der Waals surface area (Å²) in [7, 11) is 0. The van der Waals surface area contributed by atoms with Crippen LogP contribution in [0, 0.1) is 6.92 Å². The number of pyridine rings is 1. The molecule has 0 saturated heterocycles. The van der Waals surface area contributed by atoms with Crippen LogP contribution in [-0.4, -0.2) is 21.6 Å². The third kappa shape index (κ3) is 3.79. The number of carboxylic acids is 1. The second kappa shape index (κ2) is 6.04. The maximum atomic E-state index is 11.9. The van der Waals surface area contributed by atoms with Gasteiger partial charge in [-0.1, -0.05) is 0 Å². The van der Waals surface area contributed by atoms with Gasteiger partial charge in [0.05, 0.1) is 5.56 Å². The van der Waals surface area contributed by atoms with Crippen molar-refractivity contribution in [1.29, 1.82) is 0 Å². The number of aromatic carboxylic acids is 1. The lowest BCUT2D eigenvalue weighted by Crippen LogP contribution is -2.26. The van der Waals surface area contributed by atoms with Crippen LogP contribution in [-0.2, 0) is 11.3 Å². The molecule has 0 bridgehead atoms. The molecule has 0 radical (unpaired) electrons. The molecule has 0 aliphatic rings. The van der Waals surface area contributed by atoms with Crippen LogP contribution in [0.3, 0.4) is 0 Å². The van der Waals surface area contributed by atoms with Gasteiger partial charge in [-0.25, -0.2) is 4.79 Å². The Morgan fingerprint density at radius 3 is 2.43 bits per heavy atom. The number of rotatable bonds is 4. The summed E-state index contributed by atoms with van der Waals surface area (Å²) < 4.78 is 1.30. The van der Waals surface area contributed by atoms with Gasteiger partial charge in [-0.15, -0.1) is 0 Å². The number of amides is 1. The number of hydrogen-bond donors (Lipinski definition) is 2. The van der Waals surface area contributed by atoms with E-state index in [0.29, 0.717) is 5.69 Å². The molecule has 1 aromatic carbocycles. The molecular weight excluding hydrogens is 272 g/mol. The van der Waals surface area contributed by atoms with Crippen LogP contribution in [0.2, 0.25) is 0 Å². The molecule has 1 aromatic heterocycles. The van der Waals surface area contributed by atoms with Gasteiger partial charge in [-0.05, 0) is 42.8 Å². The van der Waals surface area contributed by atoms with Gasteiger partial charge in [-0.3, -0.25) is 9.59 Å². The fourth-order valence-corrected chi connectivity index (χ4v) is 1.79. The highest BCUT2D eigenvalue weighted by atomic mass is 16.4. The Labute approximate surface area is 120 Å². The number of hydrogen-bond acceptors (Lipinski definition) is 3. The van der Waals surface area contributed by atoms with E-state index in [1.165, 1.54) is 34.9 Å². The van der Waals surface area contributed by atoms with Crippen molar-refractivity contribution in [2.45, 2.75) is 13.5 Å². The fraction of sp³-hybridized carbons (Fsp3) is 0.133. The van der Waals surface area contributed by atoms with E-state index in [-0.39, 0.29) is 23.6 Å². The molecule has 0 saturated carbocycles. The molecule has 0 atom stereocenters. The molecule has 1 heterocycles. The zero-order chi connectivity index (χ0) is 15.4. The lowest BCUT2D eigenvalue weighted by Gasteiger charge is -2.07. The van der Waals surface area contributed by atoms with Crippen LogP contribution in [0.15, 0.2) is 47.4 Å². The zero-order valence-corrected chi connectivity index (χ0v) is 11.4. The van der Waals surface area contributed by atoms with E-state index in [1.807, 2.05) is 0 Å². The van der Waals surface area contributed by atoms with E-state index in [2.05, 4.69) is 5.32 Å². The summed E-state index contributed by atoms with van der Waals surface area (Å²) in [6, 6.07) is 9.00. The number of carbonyl (C=O) groups is 2. The smallest absolute Gasteiger partial charge is 0.335 e. The quantitative estimate of drug-likeness (QED) is 0.891. The molecule has 0 unspecified atom stereocenters. The second-order valence-electron chi connectivity index (χ2n) is 4.60. The lowest BCUT2D eigenvalue weighted by atomic mass is 10.2. The van der Waals surface area contributed by atoms with Crippen LogP contribution >= 0.6 is 0 Å². The Morgan fingerprint density at radius 1 is 1.19 bits per heavy atom. The summed E-state index contributed by atoms with van der Waals surface area (Å²) in [6.07, 6.45) is 1.56. The van der Waals surface area contributed by atoms with Crippen molar-refractivity contribution in [2.24, 2.45) is 0 Å². The zero-order valence-electron chi connectivity index (χ0n) is 11.4. The molecule has 2 N–H and O–H groups in total. The third-order valence-corrected chi connectivity index (χ3v) is 2.88. The van der Waals surface area contributed by atoms with E-state index >= 15 is 0 Å². The predicted molar refractivity (Wildman–Crippen MR) is 77.5 cm³/mol. The molecule has 0 spiro atoms. The van der Waals surface area contributed by atoms with Crippen LogP contribution in [0.5, 0.6) is 0 Å². The van der Waals surface area contributed by atoms with Gasteiger partial charge in [0.15, 0.2) is 0 Å². The van der Waals surface area contributed by atoms with Crippen molar-refractivity contribution in [2.75, 3.05) is 5.32 Å².